The summed E-state index contributed by atoms with van der Waals surface area (Å²) in [7, 11) is -1.54. The van der Waals surface area contributed by atoms with E-state index in [-0.39, 0.29) is 17.2 Å². The van der Waals surface area contributed by atoms with Gasteiger partial charge in [0.1, 0.15) is 21.9 Å². The number of nitrogens with zero attached hydrogens (tertiary/aromatic N) is 2. The molecule has 25 heavy (non-hydrogen) atoms. The average Bonchev–Trinajstić information content (AvgIpc) is 2.52. The fourth-order valence-corrected chi connectivity index (χ4v) is 5.19. The molecule has 1 aromatic carbocycles. The quantitative estimate of drug-likeness (QED) is 0.750. The molecule has 1 heterocycles. The van der Waals surface area contributed by atoms with Crippen molar-refractivity contribution in [1.29, 1.82) is 0 Å². The topological polar surface area (TPSA) is 91.1 Å². The lowest BCUT2D eigenvalue weighted by Crippen LogP contribution is -2.57. The van der Waals surface area contributed by atoms with Crippen LogP contribution in [0.25, 0.3) is 0 Å². The lowest BCUT2D eigenvalue weighted by molar-refractivity contribution is 0.199. The van der Waals surface area contributed by atoms with Crippen LogP contribution in [0.4, 0.5) is 9.18 Å². The molecule has 1 aromatic rings. The predicted molar refractivity (Wildman–Crippen MR) is 95.7 cm³/mol. The van der Waals surface area contributed by atoms with Crippen molar-refractivity contribution >= 4 is 21.7 Å². The van der Waals surface area contributed by atoms with Gasteiger partial charge in [0.15, 0.2) is 0 Å². The standard InChI is InChI=1S/C17H20FN3O3S/c1-6-11-7-8-13(18)12(9-11)17(4)10-25(24,19-5)16(2,3)14(21-17)20-15(22)23/h1,7-9H,10H2,2-5H3,(H,20,21)(H,22,23)/t17-,25+/m0/s1. The van der Waals surface area contributed by atoms with E-state index in [4.69, 9.17) is 11.5 Å². The summed E-state index contributed by atoms with van der Waals surface area (Å²) in [6.45, 7) is 4.80. The third kappa shape index (κ3) is 3.12. The van der Waals surface area contributed by atoms with Crippen LogP contribution in [0.15, 0.2) is 27.6 Å². The maximum atomic E-state index is 14.5. The van der Waals surface area contributed by atoms with E-state index < -0.39 is 31.9 Å². The zero-order valence-corrected chi connectivity index (χ0v) is 15.3. The van der Waals surface area contributed by atoms with Gasteiger partial charge in [0.05, 0.1) is 15.5 Å². The molecule has 0 bridgehead atoms. The maximum Gasteiger partial charge on any atom is 0.410 e. The number of terminal acetylenes is 1. The Morgan fingerprint density at radius 3 is 2.64 bits per heavy atom. The number of amidine groups is 1. The second-order valence-electron chi connectivity index (χ2n) is 6.48. The Kier molecular flexibility index (Phi) is 4.66. The Morgan fingerprint density at radius 2 is 2.12 bits per heavy atom. The highest BCUT2D eigenvalue weighted by Crippen LogP contribution is 2.39. The van der Waals surface area contributed by atoms with Crippen molar-refractivity contribution in [3.05, 3.63) is 35.1 Å². The molecule has 0 spiro atoms. The van der Waals surface area contributed by atoms with Crippen molar-refractivity contribution in [3.63, 3.8) is 0 Å². The van der Waals surface area contributed by atoms with Crippen LogP contribution in [0.5, 0.6) is 0 Å². The molecule has 1 amide bonds. The van der Waals surface area contributed by atoms with Crippen LogP contribution in [0.1, 0.15) is 31.9 Å². The average molecular weight is 365 g/mol. The molecule has 0 aliphatic carbocycles. The zero-order chi connectivity index (χ0) is 19.0. The van der Waals surface area contributed by atoms with Gasteiger partial charge in [0, 0.05) is 18.2 Å². The summed E-state index contributed by atoms with van der Waals surface area (Å²) >= 11 is 0. The largest absolute Gasteiger partial charge is 0.465 e. The minimum Gasteiger partial charge on any atom is -0.465 e. The number of halogens is 1. The third-order valence-corrected chi connectivity index (χ3v) is 7.77. The highest BCUT2D eigenvalue weighted by Gasteiger charge is 2.49. The van der Waals surface area contributed by atoms with Gasteiger partial charge in [-0.3, -0.25) is 10.3 Å². The van der Waals surface area contributed by atoms with Crippen molar-refractivity contribution in [2.75, 3.05) is 12.8 Å². The van der Waals surface area contributed by atoms with Gasteiger partial charge < -0.3 is 5.11 Å². The van der Waals surface area contributed by atoms with Crippen molar-refractivity contribution < 1.29 is 18.5 Å². The number of nitrogens with one attached hydrogen (secondary N) is 1. The molecule has 2 rings (SSSR count). The first-order valence-electron chi connectivity index (χ1n) is 7.48. The summed E-state index contributed by atoms with van der Waals surface area (Å²) in [5, 5.41) is 11.3. The maximum absolute atomic E-state index is 14.5. The molecular weight excluding hydrogens is 345 g/mol. The summed E-state index contributed by atoms with van der Waals surface area (Å²) in [5.41, 5.74) is -0.675. The molecule has 0 saturated carbocycles. The molecule has 1 aliphatic rings. The molecule has 0 saturated heterocycles. The van der Waals surface area contributed by atoms with Crippen LogP contribution in [0, 0.1) is 18.2 Å². The van der Waals surface area contributed by atoms with E-state index in [1.807, 2.05) is 0 Å². The van der Waals surface area contributed by atoms with Gasteiger partial charge in [-0.05, 0) is 39.0 Å². The van der Waals surface area contributed by atoms with E-state index in [0.29, 0.717) is 5.56 Å². The molecule has 1 aliphatic heterocycles. The smallest absolute Gasteiger partial charge is 0.410 e. The van der Waals surface area contributed by atoms with Crippen LogP contribution in [-0.2, 0) is 15.3 Å². The molecule has 6 nitrogen and oxygen atoms in total. The Bertz CT molecular complexity index is 924. The summed E-state index contributed by atoms with van der Waals surface area (Å²) in [6.07, 6.45) is 4.04. The van der Waals surface area contributed by atoms with Crippen LogP contribution < -0.4 is 5.32 Å². The van der Waals surface area contributed by atoms with Gasteiger partial charge in [-0.15, -0.1) is 6.42 Å². The summed E-state index contributed by atoms with van der Waals surface area (Å²) in [5.74, 6) is 1.79. The zero-order valence-electron chi connectivity index (χ0n) is 14.5. The minimum atomic E-state index is -2.94. The summed E-state index contributed by atoms with van der Waals surface area (Å²) in [6, 6.07) is 4.14. The monoisotopic (exact) mass is 365 g/mol. The van der Waals surface area contributed by atoms with Gasteiger partial charge in [0.2, 0.25) is 0 Å². The second-order valence-corrected chi connectivity index (χ2v) is 9.44. The fourth-order valence-electron chi connectivity index (χ4n) is 2.86. The van der Waals surface area contributed by atoms with Crippen LogP contribution >= 0.6 is 0 Å². The summed E-state index contributed by atoms with van der Waals surface area (Å²) in [4.78, 5) is 15.6. The first kappa shape index (κ1) is 18.9. The Morgan fingerprint density at radius 1 is 1.48 bits per heavy atom. The fraction of sp³-hybridized carbons (Fsp3) is 0.412. The van der Waals surface area contributed by atoms with Gasteiger partial charge in [0.25, 0.3) is 0 Å². The normalized spacial score (nSPS) is 27.8. The van der Waals surface area contributed by atoms with E-state index in [0.717, 1.165) is 0 Å². The SMILES string of the molecule is C#Cc1ccc(F)c([C@]2(C)C[S@](=O)(=NC)C(C)(C)C(NC(=O)O)=N2)c1. The molecule has 0 aromatic heterocycles. The number of aliphatic imine (C=N–C) groups is 1. The van der Waals surface area contributed by atoms with E-state index in [2.05, 4.69) is 20.6 Å². The number of hydrogen-bond acceptors (Lipinski definition) is 4. The lowest BCUT2D eigenvalue weighted by Gasteiger charge is -2.41. The second kappa shape index (κ2) is 6.15. The minimum absolute atomic E-state index is 0.0186. The Hall–Kier alpha value is -2.40. The molecule has 0 fully saturated rings. The molecular formula is C17H20FN3O3S. The van der Waals surface area contributed by atoms with Gasteiger partial charge in [-0.25, -0.2) is 17.8 Å². The molecule has 2 N–H and O–H groups in total. The van der Waals surface area contributed by atoms with E-state index in [1.54, 1.807) is 20.8 Å². The third-order valence-electron chi connectivity index (χ3n) is 4.44. The Labute approximate surface area is 146 Å². The van der Waals surface area contributed by atoms with Crippen molar-refractivity contribution in [2.24, 2.45) is 9.36 Å². The van der Waals surface area contributed by atoms with Crippen LogP contribution in [0.2, 0.25) is 0 Å². The molecule has 8 heteroatoms. The number of carbonyl (C=O) groups is 1. The molecule has 0 unspecified atom stereocenters. The van der Waals surface area contributed by atoms with E-state index >= 15 is 0 Å². The Balaban J connectivity index is 2.79. The number of carboxylic acid groups (broad SMARTS) is 1. The first-order valence-corrected chi connectivity index (χ1v) is 9.17. The van der Waals surface area contributed by atoms with Crippen molar-refractivity contribution in [1.82, 2.24) is 5.32 Å². The summed E-state index contributed by atoms with van der Waals surface area (Å²) < 4.78 is 30.8. The first-order chi connectivity index (χ1) is 11.5. The number of hydrogen-bond donors (Lipinski definition) is 2. The van der Waals surface area contributed by atoms with Gasteiger partial charge in [-0.1, -0.05) is 5.92 Å². The predicted octanol–water partition coefficient (Wildman–Crippen LogP) is 2.58. The van der Waals surface area contributed by atoms with Crippen molar-refractivity contribution in [2.45, 2.75) is 31.1 Å². The van der Waals surface area contributed by atoms with Crippen LogP contribution in [0.3, 0.4) is 0 Å². The van der Waals surface area contributed by atoms with Gasteiger partial charge >= 0.3 is 6.09 Å². The number of amides is 1. The van der Waals surface area contributed by atoms with E-state index in [9.17, 15) is 13.4 Å². The van der Waals surface area contributed by atoms with Crippen LogP contribution in [-0.4, -0.2) is 38.8 Å². The molecule has 2 atom stereocenters. The van der Waals surface area contributed by atoms with Crippen molar-refractivity contribution in [3.8, 4) is 12.3 Å². The molecule has 134 valence electrons. The number of rotatable bonds is 1. The van der Waals surface area contributed by atoms with E-state index in [1.165, 1.54) is 25.2 Å². The number of benzene rings is 1. The molecule has 0 radical (unpaired) electrons. The highest BCUT2D eigenvalue weighted by atomic mass is 32.2. The lowest BCUT2D eigenvalue weighted by atomic mass is 9.92. The van der Waals surface area contributed by atoms with Gasteiger partial charge in [-0.2, -0.15) is 0 Å². The highest BCUT2D eigenvalue weighted by molar-refractivity contribution is 7.95.